The summed E-state index contributed by atoms with van der Waals surface area (Å²) in [5.74, 6) is -1.28. The average molecular weight is 427 g/mol. The molecule has 2 atom stereocenters. The third kappa shape index (κ3) is 7.81. The number of hydrogen-bond donors (Lipinski definition) is 4. The fourth-order valence-corrected chi connectivity index (χ4v) is 3.94. The van der Waals surface area contributed by atoms with Crippen LogP contribution in [-0.4, -0.2) is 79.3 Å². The number of piperidine rings is 2. The molecule has 0 bridgehead atoms. The highest BCUT2D eigenvalue weighted by Gasteiger charge is 2.30. The Morgan fingerprint density at radius 3 is 2.60 bits per heavy atom. The van der Waals surface area contributed by atoms with Crippen molar-refractivity contribution in [2.24, 2.45) is 11.8 Å². The topological polar surface area (TPSA) is 137 Å². The summed E-state index contributed by atoms with van der Waals surface area (Å²) < 4.78 is 4.68. The molecule has 2 fully saturated rings. The number of hydrogen-bond acceptors (Lipinski definition) is 6. The predicted molar refractivity (Wildman–Crippen MR) is 109 cm³/mol. The minimum atomic E-state index is -1.28. The van der Waals surface area contributed by atoms with Gasteiger partial charge in [-0.15, -0.1) is 0 Å². The van der Waals surface area contributed by atoms with E-state index in [2.05, 4.69) is 20.7 Å². The first kappa shape index (κ1) is 23.9. The van der Waals surface area contributed by atoms with Crippen molar-refractivity contribution in [2.75, 3.05) is 39.3 Å². The van der Waals surface area contributed by atoms with E-state index in [0.717, 1.165) is 38.8 Å². The molecular weight excluding hydrogens is 392 g/mol. The molecule has 0 radical (unpaired) electrons. The summed E-state index contributed by atoms with van der Waals surface area (Å²) in [5.41, 5.74) is 0. The average Bonchev–Trinajstić information content (AvgIpc) is 2.75. The van der Waals surface area contributed by atoms with Crippen molar-refractivity contribution in [1.82, 2.24) is 20.9 Å². The lowest BCUT2D eigenvalue weighted by molar-refractivity contribution is -0.139. The first-order chi connectivity index (χ1) is 14.4. The molecule has 0 aliphatic carbocycles. The van der Waals surface area contributed by atoms with Crippen LogP contribution in [0.3, 0.4) is 0 Å². The number of ether oxygens (including phenoxy) is 1. The molecule has 2 heterocycles. The Kier molecular flexibility index (Phi) is 9.85. The molecule has 0 saturated carbocycles. The summed E-state index contributed by atoms with van der Waals surface area (Å²) in [5, 5.41) is 17.3. The van der Waals surface area contributed by atoms with Gasteiger partial charge in [-0.2, -0.15) is 0 Å². The largest absolute Gasteiger partial charge is 0.480 e. The maximum Gasteiger partial charge on any atom is 0.407 e. The van der Waals surface area contributed by atoms with E-state index in [0.29, 0.717) is 31.8 Å². The van der Waals surface area contributed by atoms with Gasteiger partial charge in [0.1, 0.15) is 6.04 Å². The van der Waals surface area contributed by atoms with Crippen LogP contribution in [0.4, 0.5) is 4.79 Å². The van der Waals surface area contributed by atoms with Crippen LogP contribution in [0.5, 0.6) is 0 Å². The third-order valence-corrected chi connectivity index (χ3v) is 5.72. The molecule has 2 aliphatic heterocycles. The number of carbonyl (C=O) groups excluding carboxylic acids is 3. The fraction of sp³-hybridized carbons (Fsp3) is 0.800. The smallest absolute Gasteiger partial charge is 0.407 e. The zero-order chi connectivity index (χ0) is 21.9. The van der Waals surface area contributed by atoms with Crippen LogP contribution in [0.2, 0.25) is 0 Å². The van der Waals surface area contributed by atoms with Crippen molar-refractivity contribution in [3.05, 3.63) is 0 Å². The first-order valence-corrected chi connectivity index (χ1v) is 10.8. The maximum absolute atomic E-state index is 12.6. The third-order valence-electron chi connectivity index (χ3n) is 5.72. The highest BCUT2D eigenvalue weighted by Crippen LogP contribution is 2.21. The van der Waals surface area contributed by atoms with Crippen LogP contribution in [0.1, 0.15) is 45.4 Å². The zero-order valence-electron chi connectivity index (χ0n) is 17.7. The minimum absolute atomic E-state index is 0.0819. The van der Waals surface area contributed by atoms with E-state index in [1.807, 2.05) is 0 Å². The monoisotopic (exact) mass is 426 g/mol. The number of carboxylic acid groups (broad SMARTS) is 1. The van der Waals surface area contributed by atoms with Crippen LogP contribution in [0.15, 0.2) is 0 Å². The summed E-state index contributed by atoms with van der Waals surface area (Å²) in [7, 11) is 0. The van der Waals surface area contributed by atoms with Gasteiger partial charge >= 0.3 is 12.1 Å². The van der Waals surface area contributed by atoms with E-state index < -0.39 is 18.1 Å². The summed E-state index contributed by atoms with van der Waals surface area (Å²) in [6, 6.07) is -1.28. The first-order valence-electron chi connectivity index (χ1n) is 10.8. The number of aliphatic carboxylic acids is 1. The van der Waals surface area contributed by atoms with E-state index in [1.54, 1.807) is 11.8 Å². The fourth-order valence-electron chi connectivity index (χ4n) is 3.94. The number of nitrogens with one attached hydrogen (secondary N) is 3. The van der Waals surface area contributed by atoms with E-state index >= 15 is 0 Å². The molecule has 0 aromatic carbocycles. The molecule has 4 N–H and O–H groups in total. The normalized spacial score (nSPS) is 20.8. The molecule has 0 spiro atoms. The molecule has 3 amide bonds. The number of alkyl carbamates (subject to hydrolysis) is 1. The van der Waals surface area contributed by atoms with Crippen LogP contribution in [0.25, 0.3) is 0 Å². The van der Waals surface area contributed by atoms with Crippen molar-refractivity contribution in [2.45, 2.75) is 51.5 Å². The Balaban J connectivity index is 1.77. The van der Waals surface area contributed by atoms with E-state index in [-0.39, 0.29) is 30.9 Å². The van der Waals surface area contributed by atoms with Crippen molar-refractivity contribution in [3.8, 4) is 0 Å². The van der Waals surface area contributed by atoms with Gasteiger partial charge < -0.3 is 30.7 Å². The molecule has 2 aliphatic rings. The molecule has 0 unspecified atom stereocenters. The molecule has 170 valence electrons. The van der Waals surface area contributed by atoms with Gasteiger partial charge in [-0.25, -0.2) is 9.59 Å². The molecule has 10 nitrogen and oxygen atoms in total. The number of amides is 3. The minimum Gasteiger partial charge on any atom is -0.480 e. The van der Waals surface area contributed by atoms with E-state index in [1.165, 1.54) is 0 Å². The molecule has 10 heteroatoms. The van der Waals surface area contributed by atoms with Gasteiger partial charge in [0.05, 0.1) is 12.5 Å². The standard InChI is InChI=1S/C20H34N4O6/c1-2-30-20(29)23-16(19(27)28)12-22-18(26)15-4-3-11-24(13-15)17(25)6-5-14-7-9-21-10-8-14/h14-16,21H,2-13H2,1H3,(H,22,26)(H,23,29)(H,27,28)/t15-,16-/m1/s1. The van der Waals surface area contributed by atoms with Gasteiger partial charge in [0.25, 0.3) is 0 Å². The Bertz CT molecular complexity index is 608. The Morgan fingerprint density at radius 2 is 1.93 bits per heavy atom. The lowest BCUT2D eigenvalue weighted by Gasteiger charge is -2.33. The maximum atomic E-state index is 12.6. The lowest BCUT2D eigenvalue weighted by atomic mass is 9.92. The number of carboxylic acids is 1. The second kappa shape index (κ2) is 12.4. The Morgan fingerprint density at radius 1 is 1.20 bits per heavy atom. The van der Waals surface area contributed by atoms with E-state index in [9.17, 15) is 24.3 Å². The highest BCUT2D eigenvalue weighted by atomic mass is 16.5. The number of nitrogens with zero attached hydrogens (tertiary/aromatic N) is 1. The SMILES string of the molecule is CCOC(=O)N[C@H](CNC(=O)[C@@H]1CCCN(C(=O)CCC2CCNCC2)C1)C(=O)O. The second-order valence-electron chi connectivity index (χ2n) is 7.91. The van der Waals surface area contributed by atoms with Crippen LogP contribution < -0.4 is 16.0 Å². The van der Waals surface area contributed by atoms with Gasteiger partial charge in [0.2, 0.25) is 11.8 Å². The van der Waals surface area contributed by atoms with Gasteiger partial charge in [-0.3, -0.25) is 9.59 Å². The van der Waals surface area contributed by atoms with Crippen LogP contribution in [-0.2, 0) is 19.1 Å². The Labute approximate surface area is 177 Å². The van der Waals surface area contributed by atoms with Crippen molar-refractivity contribution >= 4 is 23.9 Å². The van der Waals surface area contributed by atoms with Crippen molar-refractivity contribution in [3.63, 3.8) is 0 Å². The number of rotatable bonds is 9. The van der Waals surface area contributed by atoms with Gasteiger partial charge in [0, 0.05) is 26.1 Å². The van der Waals surface area contributed by atoms with E-state index in [4.69, 9.17) is 0 Å². The summed E-state index contributed by atoms with van der Waals surface area (Å²) >= 11 is 0. The molecule has 0 aromatic heterocycles. The lowest BCUT2D eigenvalue weighted by Crippen LogP contribution is -2.51. The van der Waals surface area contributed by atoms with Gasteiger partial charge in [-0.1, -0.05) is 0 Å². The van der Waals surface area contributed by atoms with Crippen LogP contribution in [0, 0.1) is 11.8 Å². The second-order valence-corrected chi connectivity index (χ2v) is 7.91. The molecule has 2 rings (SSSR count). The zero-order valence-corrected chi connectivity index (χ0v) is 17.7. The predicted octanol–water partition coefficient (Wildman–Crippen LogP) is 0.320. The van der Waals surface area contributed by atoms with Crippen molar-refractivity contribution in [1.29, 1.82) is 0 Å². The quantitative estimate of drug-likeness (QED) is 0.417. The summed E-state index contributed by atoms with van der Waals surface area (Å²) in [6.45, 7) is 4.50. The number of likely N-dealkylation sites (tertiary alicyclic amines) is 1. The highest BCUT2D eigenvalue weighted by molar-refractivity contribution is 5.83. The Hall–Kier alpha value is -2.36. The van der Waals surface area contributed by atoms with Crippen molar-refractivity contribution < 1.29 is 29.0 Å². The van der Waals surface area contributed by atoms with Gasteiger partial charge in [0.15, 0.2) is 0 Å². The molecule has 30 heavy (non-hydrogen) atoms. The summed E-state index contributed by atoms with van der Waals surface area (Å²) in [4.78, 5) is 49.6. The number of carbonyl (C=O) groups is 4. The van der Waals surface area contributed by atoms with Crippen LogP contribution >= 0.6 is 0 Å². The van der Waals surface area contributed by atoms with Gasteiger partial charge in [-0.05, 0) is 58.0 Å². The molecular formula is C20H34N4O6. The molecule has 0 aromatic rings. The summed E-state index contributed by atoms with van der Waals surface area (Å²) in [6.07, 6.45) is 4.12. The molecule has 2 saturated heterocycles.